The predicted molar refractivity (Wildman–Crippen MR) is 116 cm³/mol. The Morgan fingerprint density at radius 1 is 0.600 bits per heavy atom. The van der Waals surface area contributed by atoms with Gasteiger partial charge in [0.2, 0.25) is 0 Å². The Kier molecular flexibility index (Phi) is 4.23. The minimum absolute atomic E-state index is 0.178. The first-order chi connectivity index (χ1) is 14.6. The number of aromatic hydroxyl groups is 2. The second kappa shape index (κ2) is 6.94. The van der Waals surface area contributed by atoms with Gasteiger partial charge in [-0.25, -0.2) is 0 Å². The molecular weight excluding hydrogens is 374 g/mol. The van der Waals surface area contributed by atoms with Crippen LogP contribution >= 0.6 is 0 Å². The summed E-state index contributed by atoms with van der Waals surface area (Å²) in [4.78, 5) is 2.00. The van der Waals surface area contributed by atoms with Crippen molar-refractivity contribution in [1.29, 1.82) is 0 Å². The van der Waals surface area contributed by atoms with Gasteiger partial charge in [-0.2, -0.15) is 0 Å². The molecular formula is C26H21NO3. The van der Waals surface area contributed by atoms with E-state index in [9.17, 15) is 15.3 Å². The summed E-state index contributed by atoms with van der Waals surface area (Å²) in [6.45, 7) is 0. The van der Waals surface area contributed by atoms with Crippen LogP contribution in [0.1, 0.15) is 28.5 Å². The molecule has 5 rings (SSSR count). The molecule has 4 nitrogen and oxygen atoms in total. The smallest absolute Gasteiger partial charge is 0.154 e. The van der Waals surface area contributed by atoms with Crippen LogP contribution in [0.4, 0.5) is 5.69 Å². The number of fused-ring (bicyclic) bond motifs is 1. The van der Waals surface area contributed by atoms with Crippen LogP contribution in [0.25, 0.3) is 0 Å². The molecule has 1 heterocycles. The number of benzene rings is 4. The highest BCUT2D eigenvalue weighted by Gasteiger charge is 2.52. The molecule has 4 aromatic carbocycles. The quantitative estimate of drug-likeness (QED) is 0.462. The lowest BCUT2D eigenvalue weighted by molar-refractivity contribution is 0.170. The molecule has 30 heavy (non-hydrogen) atoms. The summed E-state index contributed by atoms with van der Waals surface area (Å²) < 4.78 is 0. The number of phenolic OH excluding ortho intramolecular Hbond substituents is 2. The number of phenols is 2. The Morgan fingerprint density at radius 3 is 1.67 bits per heavy atom. The van der Waals surface area contributed by atoms with E-state index < -0.39 is 11.8 Å². The standard InChI is InChI=1S/C26H21NO3/c28-21-14-10-18(11-15-21)26(19-12-16-22(29)17-13-19)24-9-5-4-8-23(24)25(30)27(26)20-6-2-1-3-7-20/h1-17,25,28-30H. The van der Waals surface area contributed by atoms with Crippen molar-refractivity contribution in [2.75, 3.05) is 4.90 Å². The predicted octanol–water partition coefficient (Wildman–Crippen LogP) is 4.90. The Hall–Kier alpha value is -3.76. The second-order valence-corrected chi connectivity index (χ2v) is 7.47. The highest BCUT2D eigenvalue weighted by atomic mass is 16.3. The van der Waals surface area contributed by atoms with E-state index in [0.29, 0.717) is 0 Å². The summed E-state index contributed by atoms with van der Waals surface area (Å²) in [5, 5.41) is 31.3. The molecule has 4 heteroatoms. The first-order valence-electron chi connectivity index (χ1n) is 9.83. The zero-order chi connectivity index (χ0) is 20.7. The average molecular weight is 395 g/mol. The van der Waals surface area contributed by atoms with Crippen LogP contribution in [0.3, 0.4) is 0 Å². The maximum Gasteiger partial charge on any atom is 0.154 e. The number of hydrogen-bond acceptors (Lipinski definition) is 4. The van der Waals surface area contributed by atoms with E-state index >= 15 is 0 Å². The van der Waals surface area contributed by atoms with Gasteiger partial charge in [-0.05, 0) is 53.1 Å². The Morgan fingerprint density at radius 2 is 1.10 bits per heavy atom. The molecule has 0 fully saturated rings. The lowest BCUT2D eigenvalue weighted by Gasteiger charge is -2.43. The minimum Gasteiger partial charge on any atom is -0.508 e. The van der Waals surface area contributed by atoms with E-state index in [1.54, 1.807) is 24.3 Å². The number of para-hydroxylation sites is 1. The molecule has 148 valence electrons. The molecule has 0 saturated heterocycles. The number of anilines is 1. The summed E-state index contributed by atoms with van der Waals surface area (Å²) in [5.41, 5.74) is 3.60. The van der Waals surface area contributed by atoms with Crippen molar-refractivity contribution in [2.24, 2.45) is 0 Å². The van der Waals surface area contributed by atoms with E-state index in [0.717, 1.165) is 27.9 Å². The minimum atomic E-state index is -0.869. The normalized spacial score (nSPS) is 17.0. The third-order valence-corrected chi connectivity index (χ3v) is 5.84. The summed E-state index contributed by atoms with van der Waals surface area (Å²) in [6, 6.07) is 31.8. The molecule has 0 amide bonds. The van der Waals surface area contributed by atoms with Gasteiger partial charge in [0.25, 0.3) is 0 Å². The average Bonchev–Trinajstić information content (AvgIpc) is 3.05. The third kappa shape index (κ3) is 2.58. The largest absolute Gasteiger partial charge is 0.508 e. The van der Waals surface area contributed by atoms with Crippen LogP contribution in [0, 0.1) is 0 Å². The van der Waals surface area contributed by atoms with Gasteiger partial charge in [0, 0.05) is 11.3 Å². The van der Waals surface area contributed by atoms with Gasteiger partial charge in [-0.3, -0.25) is 0 Å². The van der Waals surface area contributed by atoms with Gasteiger partial charge in [0.15, 0.2) is 6.23 Å². The van der Waals surface area contributed by atoms with E-state index in [4.69, 9.17) is 0 Å². The van der Waals surface area contributed by atoms with Crippen molar-refractivity contribution in [3.63, 3.8) is 0 Å². The van der Waals surface area contributed by atoms with Crippen molar-refractivity contribution in [2.45, 2.75) is 11.8 Å². The topological polar surface area (TPSA) is 63.9 Å². The first-order valence-corrected chi connectivity index (χ1v) is 9.83. The highest BCUT2D eigenvalue weighted by molar-refractivity contribution is 5.69. The maximum atomic E-state index is 11.5. The SMILES string of the molecule is Oc1ccc(C2(c3ccc(O)cc3)c3ccccc3C(O)N2c2ccccc2)cc1. The van der Waals surface area contributed by atoms with E-state index in [2.05, 4.69) is 0 Å². The lowest BCUT2D eigenvalue weighted by Crippen LogP contribution is -2.45. The zero-order valence-electron chi connectivity index (χ0n) is 16.2. The van der Waals surface area contributed by atoms with Gasteiger partial charge < -0.3 is 20.2 Å². The van der Waals surface area contributed by atoms with Crippen molar-refractivity contribution in [1.82, 2.24) is 0 Å². The summed E-state index contributed by atoms with van der Waals surface area (Å²) in [6.07, 6.45) is -0.869. The lowest BCUT2D eigenvalue weighted by atomic mass is 9.76. The number of aliphatic hydroxyl groups excluding tert-OH is 1. The van der Waals surface area contributed by atoms with Crippen molar-refractivity contribution >= 4 is 5.69 Å². The fourth-order valence-corrected chi connectivity index (χ4v) is 4.59. The van der Waals surface area contributed by atoms with Gasteiger partial charge in [0.05, 0.1) is 0 Å². The van der Waals surface area contributed by atoms with Crippen LogP contribution < -0.4 is 4.90 Å². The van der Waals surface area contributed by atoms with Crippen LogP contribution in [0.2, 0.25) is 0 Å². The fourth-order valence-electron chi connectivity index (χ4n) is 4.59. The molecule has 1 aliphatic heterocycles. The van der Waals surface area contributed by atoms with Crippen molar-refractivity contribution in [3.8, 4) is 11.5 Å². The molecule has 0 saturated carbocycles. The van der Waals surface area contributed by atoms with E-state index in [-0.39, 0.29) is 11.5 Å². The van der Waals surface area contributed by atoms with Crippen LogP contribution in [0.5, 0.6) is 11.5 Å². The molecule has 0 radical (unpaired) electrons. The Balaban J connectivity index is 1.90. The van der Waals surface area contributed by atoms with E-state index in [1.807, 2.05) is 83.8 Å². The Labute approximate surface area is 174 Å². The number of rotatable bonds is 3. The number of aliphatic hydroxyl groups is 1. The molecule has 1 atom stereocenters. The Bertz CT molecular complexity index is 1130. The highest BCUT2D eigenvalue weighted by Crippen LogP contribution is 2.55. The molecule has 1 aliphatic rings. The zero-order valence-corrected chi connectivity index (χ0v) is 16.2. The summed E-state index contributed by atoms with van der Waals surface area (Å²) >= 11 is 0. The summed E-state index contributed by atoms with van der Waals surface area (Å²) in [5.74, 6) is 0.357. The molecule has 1 unspecified atom stereocenters. The molecule has 0 aliphatic carbocycles. The number of hydrogen-bond donors (Lipinski definition) is 3. The molecule has 3 N–H and O–H groups in total. The summed E-state index contributed by atoms with van der Waals surface area (Å²) in [7, 11) is 0. The molecule has 0 spiro atoms. The third-order valence-electron chi connectivity index (χ3n) is 5.84. The number of nitrogens with zero attached hydrogens (tertiary/aromatic N) is 1. The van der Waals surface area contributed by atoms with Gasteiger partial charge in [-0.15, -0.1) is 0 Å². The molecule has 0 aromatic heterocycles. The van der Waals surface area contributed by atoms with Gasteiger partial charge in [-0.1, -0.05) is 66.7 Å². The van der Waals surface area contributed by atoms with Crippen LogP contribution in [-0.4, -0.2) is 15.3 Å². The maximum absolute atomic E-state index is 11.5. The van der Waals surface area contributed by atoms with Crippen LogP contribution in [0.15, 0.2) is 103 Å². The molecule has 4 aromatic rings. The van der Waals surface area contributed by atoms with Gasteiger partial charge >= 0.3 is 0 Å². The van der Waals surface area contributed by atoms with Gasteiger partial charge in [0.1, 0.15) is 17.0 Å². The monoisotopic (exact) mass is 395 g/mol. The van der Waals surface area contributed by atoms with E-state index in [1.165, 1.54) is 0 Å². The van der Waals surface area contributed by atoms with Crippen molar-refractivity contribution in [3.05, 3.63) is 125 Å². The molecule has 0 bridgehead atoms. The van der Waals surface area contributed by atoms with Crippen molar-refractivity contribution < 1.29 is 15.3 Å². The fraction of sp³-hybridized carbons (Fsp3) is 0.0769. The first kappa shape index (κ1) is 18.3. The van der Waals surface area contributed by atoms with Crippen LogP contribution in [-0.2, 0) is 5.54 Å². The second-order valence-electron chi connectivity index (χ2n) is 7.47.